The largest absolute Gasteiger partial charge is 0.462 e. The number of hydrogen-bond donors (Lipinski definition) is 0. The first kappa shape index (κ1) is 25.4. The van der Waals surface area contributed by atoms with Crippen molar-refractivity contribution in [2.24, 2.45) is 0 Å². The van der Waals surface area contributed by atoms with Crippen LogP contribution >= 0.6 is 0 Å². The molecule has 0 N–H and O–H groups in total. The lowest BCUT2D eigenvalue weighted by Crippen LogP contribution is -2.31. The fourth-order valence-electron chi connectivity index (χ4n) is 4.95. The van der Waals surface area contributed by atoms with Crippen LogP contribution in [0, 0.1) is 17.5 Å². The molecule has 0 spiro atoms. The molecule has 0 saturated heterocycles. The molecule has 0 atom stereocenters. The molecular weight excluding hydrogens is 523 g/mol. The molecule has 0 bridgehead atoms. The standard InChI is InChI=1S/C29H22F3N5O3/c1-2-40-29(39)21-16-36(25-9-8-18(30)12-22(25)31)27-20(26(21)38)13-23(32)28(34-27)37-24-10-11-35(15-17(24)14-33-37)19-6-4-3-5-7-19/h3-9,12-14,16H,2,10-11,15H2,1H3. The zero-order valence-corrected chi connectivity index (χ0v) is 21.3. The van der Waals surface area contributed by atoms with Gasteiger partial charge < -0.3 is 9.64 Å². The van der Waals surface area contributed by atoms with Gasteiger partial charge in [0.1, 0.15) is 17.2 Å². The van der Waals surface area contributed by atoms with Crippen molar-refractivity contribution in [2.45, 2.75) is 19.9 Å². The Balaban J connectivity index is 1.52. The summed E-state index contributed by atoms with van der Waals surface area (Å²) in [6, 6.07) is 13.7. The Morgan fingerprint density at radius 1 is 1.05 bits per heavy atom. The van der Waals surface area contributed by atoms with E-state index < -0.39 is 34.4 Å². The maximum Gasteiger partial charge on any atom is 0.343 e. The molecule has 0 fully saturated rings. The average molecular weight is 546 g/mol. The Morgan fingerprint density at radius 3 is 2.60 bits per heavy atom. The summed E-state index contributed by atoms with van der Waals surface area (Å²) in [6.45, 7) is 2.77. The minimum absolute atomic E-state index is 0.0150. The number of fused-ring (bicyclic) bond motifs is 2. The maximum absolute atomic E-state index is 15.6. The van der Waals surface area contributed by atoms with E-state index in [2.05, 4.69) is 15.0 Å². The van der Waals surface area contributed by atoms with Crippen LogP contribution in [0.15, 0.2) is 71.8 Å². The Hall–Kier alpha value is -4.93. The van der Waals surface area contributed by atoms with Crippen LogP contribution in [0.2, 0.25) is 0 Å². The Morgan fingerprint density at radius 2 is 1.85 bits per heavy atom. The third kappa shape index (κ3) is 4.29. The van der Waals surface area contributed by atoms with Crippen molar-refractivity contribution in [1.82, 2.24) is 19.3 Å². The van der Waals surface area contributed by atoms with Gasteiger partial charge >= 0.3 is 5.97 Å². The smallest absolute Gasteiger partial charge is 0.343 e. The number of aromatic nitrogens is 4. The fraction of sp³-hybridized carbons (Fsp3) is 0.172. The molecule has 0 amide bonds. The van der Waals surface area contributed by atoms with Crippen LogP contribution in [0.4, 0.5) is 18.9 Å². The van der Waals surface area contributed by atoms with Gasteiger partial charge in [0, 0.05) is 43.0 Å². The summed E-state index contributed by atoms with van der Waals surface area (Å²) in [7, 11) is 0. The normalized spacial score (nSPS) is 12.9. The van der Waals surface area contributed by atoms with Crippen LogP contribution in [-0.4, -0.2) is 38.5 Å². The quantitative estimate of drug-likeness (QED) is 0.297. The van der Waals surface area contributed by atoms with Crippen LogP contribution in [0.3, 0.4) is 0 Å². The van der Waals surface area contributed by atoms with E-state index in [1.54, 1.807) is 13.1 Å². The first-order chi connectivity index (χ1) is 19.4. The number of carbonyl (C=O) groups is 1. The molecule has 202 valence electrons. The Bertz CT molecular complexity index is 1840. The number of ether oxygens (including phenoxy) is 1. The highest BCUT2D eigenvalue weighted by Crippen LogP contribution is 2.28. The first-order valence-electron chi connectivity index (χ1n) is 12.6. The lowest BCUT2D eigenvalue weighted by Gasteiger charge is -2.29. The summed E-state index contributed by atoms with van der Waals surface area (Å²) in [5.74, 6) is -3.79. The van der Waals surface area contributed by atoms with Gasteiger partial charge in [0.25, 0.3) is 0 Å². The molecule has 8 nitrogen and oxygen atoms in total. The number of carbonyl (C=O) groups excluding carboxylic acids is 1. The molecule has 0 unspecified atom stereocenters. The molecule has 11 heteroatoms. The monoisotopic (exact) mass is 545 g/mol. The molecule has 0 aliphatic carbocycles. The van der Waals surface area contributed by atoms with Crippen molar-refractivity contribution in [2.75, 3.05) is 18.1 Å². The summed E-state index contributed by atoms with van der Waals surface area (Å²) in [4.78, 5) is 32.4. The highest BCUT2D eigenvalue weighted by molar-refractivity contribution is 5.93. The van der Waals surface area contributed by atoms with E-state index in [1.165, 1.54) is 4.68 Å². The van der Waals surface area contributed by atoms with Crippen molar-refractivity contribution < 1.29 is 22.7 Å². The van der Waals surface area contributed by atoms with Gasteiger partial charge in [-0.25, -0.2) is 27.6 Å². The van der Waals surface area contributed by atoms with Gasteiger partial charge in [0.05, 0.1) is 29.6 Å². The molecule has 0 radical (unpaired) electrons. The molecule has 5 aromatic rings. The van der Waals surface area contributed by atoms with E-state index in [-0.39, 0.29) is 29.1 Å². The summed E-state index contributed by atoms with van der Waals surface area (Å²) in [6.07, 6.45) is 3.26. The molecule has 4 heterocycles. The predicted octanol–water partition coefficient (Wildman–Crippen LogP) is 4.73. The third-order valence-electron chi connectivity index (χ3n) is 6.83. The van der Waals surface area contributed by atoms with Crippen LogP contribution in [0.5, 0.6) is 0 Å². The second-order valence-electron chi connectivity index (χ2n) is 9.26. The Labute approximate surface area is 225 Å². The minimum atomic E-state index is -0.968. The van der Waals surface area contributed by atoms with Crippen molar-refractivity contribution >= 4 is 22.7 Å². The molecule has 6 rings (SSSR count). The second-order valence-corrected chi connectivity index (χ2v) is 9.26. The van der Waals surface area contributed by atoms with E-state index >= 15 is 4.39 Å². The van der Waals surface area contributed by atoms with Gasteiger partial charge in [0.2, 0.25) is 5.43 Å². The number of halogens is 3. The summed E-state index contributed by atoms with van der Waals surface area (Å²) in [5, 5.41) is 4.12. The van der Waals surface area contributed by atoms with E-state index in [4.69, 9.17) is 4.74 Å². The number of rotatable bonds is 5. The van der Waals surface area contributed by atoms with Crippen molar-refractivity contribution in [3.05, 3.63) is 111 Å². The minimum Gasteiger partial charge on any atom is -0.462 e. The summed E-state index contributed by atoms with van der Waals surface area (Å²) >= 11 is 0. The van der Waals surface area contributed by atoms with Crippen molar-refractivity contribution in [3.63, 3.8) is 0 Å². The zero-order chi connectivity index (χ0) is 28.0. The molecule has 2 aromatic carbocycles. The SMILES string of the molecule is CCOC(=O)c1cn(-c2ccc(F)cc2F)c2nc(-n3ncc4c3CCN(c3ccccc3)C4)c(F)cc2c1=O. The highest BCUT2D eigenvalue weighted by atomic mass is 19.1. The summed E-state index contributed by atoms with van der Waals surface area (Å²) < 4.78 is 51.7. The number of benzene rings is 2. The van der Waals surface area contributed by atoms with Crippen LogP contribution < -0.4 is 10.3 Å². The lowest BCUT2D eigenvalue weighted by molar-refractivity contribution is 0.0524. The van der Waals surface area contributed by atoms with Crippen molar-refractivity contribution in [3.8, 4) is 11.5 Å². The van der Waals surface area contributed by atoms with Gasteiger partial charge in [-0.05, 0) is 37.3 Å². The fourth-order valence-corrected chi connectivity index (χ4v) is 4.95. The number of pyridine rings is 2. The van der Waals surface area contributed by atoms with Gasteiger partial charge in [-0.1, -0.05) is 18.2 Å². The summed E-state index contributed by atoms with van der Waals surface area (Å²) in [5.41, 5.74) is 1.10. The lowest BCUT2D eigenvalue weighted by atomic mass is 10.1. The van der Waals surface area contributed by atoms with E-state index in [0.717, 1.165) is 45.9 Å². The van der Waals surface area contributed by atoms with Gasteiger partial charge in [-0.2, -0.15) is 5.10 Å². The van der Waals surface area contributed by atoms with Gasteiger partial charge in [0.15, 0.2) is 17.3 Å². The van der Waals surface area contributed by atoms with Crippen molar-refractivity contribution in [1.29, 1.82) is 0 Å². The molecular formula is C29H22F3N5O3. The highest BCUT2D eigenvalue weighted by Gasteiger charge is 2.26. The maximum atomic E-state index is 15.6. The predicted molar refractivity (Wildman–Crippen MR) is 141 cm³/mol. The van der Waals surface area contributed by atoms with Gasteiger partial charge in [-0.3, -0.25) is 9.36 Å². The molecule has 0 saturated carbocycles. The van der Waals surface area contributed by atoms with Crippen LogP contribution in [-0.2, 0) is 17.7 Å². The zero-order valence-electron chi connectivity index (χ0n) is 21.3. The van der Waals surface area contributed by atoms with Crippen LogP contribution in [0.1, 0.15) is 28.5 Å². The molecule has 1 aliphatic heterocycles. The topological polar surface area (TPSA) is 82.2 Å². The number of para-hydroxylation sites is 1. The molecule has 3 aromatic heterocycles. The Kier molecular flexibility index (Phi) is 6.33. The number of anilines is 1. The molecule has 40 heavy (non-hydrogen) atoms. The van der Waals surface area contributed by atoms with E-state index in [0.29, 0.717) is 25.6 Å². The second kappa shape index (κ2) is 9.99. The number of nitrogens with zero attached hydrogens (tertiary/aromatic N) is 5. The first-order valence-corrected chi connectivity index (χ1v) is 12.6. The number of esters is 1. The molecule has 1 aliphatic rings. The average Bonchev–Trinajstić information content (AvgIpc) is 3.37. The van der Waals surface area contributed by atoms with Gasteiger partial charge in [-0.15, -0.1) is 0 Å². The third-order valence-corrected chi connectivity index (χ3v) is 6.83. The van der Waals surface area contributed by atoms with E-state index in [1.807, 2.05) is 30.3 Å². The van der Waals surface area contributed by atoms with Crippen LogP contribution in [0.25, 0.3) is 22.5 Å². The van der Waals surface area contributed by atoms with E-state index in [9.17, 15) is 18.4 Å². The number of hydrogen-bond acceptors (Lipinski definition) is 6.